The highest BCUT2D eigenvalue weighted by Gasteiger charge is 2.62. The van der Waals surface area contributed by atoms with Gasteiger partial charge in [0.2, 0.25) is 0 Å². The summed E-state index contributed by atoms with van der Waals surface area (Å²) in [6.45, 7) is 3.93. The summed E-state index contributed by atoms with van der Waals surface area (Å²) < 4.78 is 5.17. The van der Waals surface area contributed by atoms with E-state index in [1.165, 1.54) is 0 Å². The van der Waals surface area contributed by atoms with Gasteiger partial charge in [0, 0.05) is 5.92 Å². The first kappa shape index (κ1) is 12.6. The molecule has 0 aromatic heterocycles. The highest BCUT2D eigenvalue weighted by Crippen LogP contribution is 2.58. The van der Waals surface area contributed by atoms with E-state index in [0.29, 0.717) is 5.56 Å². The van der Waals surface area contributed by atoms with Gasteiger partial charge in [0.15, 0.2) is 0 Å². The summed E-state index contributed by atoms with van der Waals surface area (Å²) in [5.74, 6) is -1.73. The van der Waals surface area contributed by atoms with E-state index < -0.39 is 17.9 Å². The molecule has 1 aliphatic carbocycles. The van der Waals surface area contributed by atoms with Crippen LogP contribution in [0.1, 0.15) is 24.2 Å². The van der Waals surface area contributed by atoms with Gasteiger partial charge in [-0.2, -0.15) is 0 Å². The van der Waals surface area contributed by atoms with Crippen molar-refractivity contribution >= 4 is 11.9 Å². The number of benzene rings is 1. The summed E-state index contributed by atoms with van der Waals surface area (Å²) in [7, 11) is 0. The molecule has 96 valence electrons. The highest BCUT2D eigenvalue weighted by atomic mass is 16.5. The fraction of sp³-hybridized carbons (Fsp3) is 0.429. The third-order valence-electron chi connectivity index (χ3n) is 3.72. The smallest absolute Gasteiger partial charge is 0.338 e. The van der Waals surface area contributed by atoms with Crippen molar-refractivity contribution in [2.75, 3.05) is 6.61 Å². The lowest BCUT2D eigenvalue weighted by molar-refractivity contribution is -0.139. The number of hydrogen-bond acceptors (Lipinski definition) is 3. The second kappa shape index (κ2) is 4.44. The highest BCUT2D eigenvalue weighted by molar-refractivity contribution is 5.89. The van der Waals surface area contributed by atoms with Crippen LogP contribution in [0.25, 0.3) is 0 Å². The molecule has 1 saturated carbocycles. The number of rotatable bonds is 4. The van der Waals surface area contributed by atoms with Crippen molar-refractivity contribution in [3.8, 4) is 0 Å². The number of carboxylic acid groups (broad SMARTS) is 1. The molecule has 0 aliphatic heterocycles. The fourth-order valence-electron chi connectivity index (χ4n) is 2.37. The van der Waals surface area contributed by atoms with Crippen molar-refractivity contribution in [3.05, 3.63) is 35.9 Å². The van der Waals surface area contributed by atoms with Gasteiger partial charge < -0.3 is 9.84 Å². The molecular weight excluding hydrogens is 232 g/mol. The lowest BCUT2D eigenvalue weighted by Gasteiger charge is -2.05. The molecule has 1 aromatic rings. The number of hydrogen-bond donors (Lipinski definition) is 1. The van der Waals surface area contributed by atoms with E-state index in [-0.39, 0.29) is 17.9 Å². The molecule has 4 nitrogen and oxygen atoms in total. The predicted octanol–water partition coefficient (Wildman–Crippen LogP) is 2.20. The fourth-order valence-corrected chi connectivity index (χ4v) is 2.37. The monoisotopic (exact) mass is 248 g/mol. The molecular formula is C14H16O4. The zero-order valence-corrected chi connectivity index (χ0v) is 10.4. The maximum Gasteiger partial charge on any atom is 0.338 e. The van der Waals surface area contributed by atoms with Gasteiger partial charge in [0.1, 0.15) is 0 Å². The summed E-state index contributed by atoms with van der Waals surface area (Å²) in [6.07, 6.45) is 0. The second-order valence-electron chi connectivity index (χ2n) is 5.21. The SMILES string of the molecule is CC1(C)C(COC(=O)c2ccccc2)C1C(=O)O. The summed E-state index contributed by atoms with van der Waals surface area (Å²) in [5, 5.41) is 9.00. The van der Waals surface area contributed by atoms with E-state index >= 15 is 0 Å². The maximum absolute atomic E-state index is 11.7. The number of esters is 1. The molecule has 4 heteroatoms. The van der Waals surface area contributed by atoms with Crippen LogP contribution >= 0.6 is 0 Å². The minimum atomic E-state index is -0.819. The van der Waals surface area contributed by atoms with Crippen LogP contribution in [-0.2, 0) is 9.53 Å². The number of aliphatic carboxylic acids is 1. The molecule has 1 fully saturated rings. The van der Waals surface area contributed by atoms with E-state index in [9.17, 15) is 9.59 Å². The van der Waals surface area contributed by atoms with Crippen molar-refractivity contribution < 1.29 is 19.4 Å². The molecule has 2 rings (SSSR count). The third-order valence-corrected chi connectivity index (χ3v) is 3.72. The Hall–Kier alpha value is -1.84. The predicted molar refractivity (Wildman–Crippen MR) is 65.1 cm³/mol. The van der Waals surface area contributed by atoms with Crippen LogP contribution in [0.4, 0.5) is 0 Å². The van der Waals surface area contributed by atoms with Crippen LogP contribution in [0.5, 0.6) is 0 Å². The van der Waals surface area contributed by atoms with Crippen LogP contribution in [-0.4, -0.2) is 23.7 Å². The van der Waals surface area contributed by atoms with Crippen molar-refractivity contribution in [1.29, 1.82) is 0 Å². The Bertz CT molecular complexity index is 464. The lowest BCUT2D eigenvalue weighted by atomic mass is 10.1. The zero-order valence-electron chi connectivity index (χ0n) is 10.4. The molecule has 0 saturated heterocycles. The van der Waals surface area contributed by atoms with Gasteiger partial charge in [-0.25, -0.2) is 4.79 Å². The maximum atomic E-state index is 11.7. The van der Waals surface area contributed by atoms with E-state index in [1.807, 2.05) is 19.9 Å². The lowest BCUT2D eigenvalue weighted by Crippen LogP contribution is -2.10. The Labute approximate surface area is 106 Å². The molecule has 18 heavy (non-hydrogen) atoms. The van der Waals surface area contributed by atoms with Crippen LogP contribution in [0.3, 0.4) is 0 Å². The van der Waals surface area contributed by atoms with E-state index in [4.69, 9.17) is 9.84 Å². The molecule has 0 amide bonds. The molecule has 0 spiro atoms. The third kappa shape index (κ3) is 2.23. The van der Waals surface area contributed by atoms with Gasteiger partial charge in [-0.15, -0.1) is 0 Å². The normalized spacial score (nSPS) is 24.3. The average Bonchev–Trinajstić information content (AvgIpc) is 2.89. The Morgan fingerprint density at radius 2 is 1.89 bits per heavy atom. The van der Waals surface area contributed by atoms with Gasteiger partial charge in [-0.1, -0.05) is 32.0 Å². The van der Waals surface area contributed by atoms with Crippen LogP contribution in [0, 0.1) is 17.3 Å². The molecule has 0 radical (unpaired) electrons. The van der Waals surface area contributed by atoms with Gasteiger partial charge in [0.05, 0.1) is 18.1 Å². The van der Waals surface area contributed by atoms with E-state index in [0.717, 1.165) is 0 Å². The van der Waals surface area contributed by atoms with Crippen molar-refractivity contribution in [3.63, 3.8) is 0 Å². The van der Waals surface area contributed by atoms with E-state index in [2.05, 4.69) is 0 Å². The molecule has 0 heterocycles. The topological polar surface area (TPSA) is 63.6 Å². The van der Waals surface area contributed by atoms with Gasteiger partial charge >= 0.3 is 11.9 Å². The van der Waals surface area contributed by atoms with Gasteiger partial charge in [0.25, 0.3) is 0 Å². The molecule has 2 atom stereocenters. The number of carboxylic acids is 1. The van der Waals surface area contributed by atoms with Crippen molar-refractivity contribution in [2.45, 2.75) is 13.8 Å². The van der Waals surface area contributed by atoms with Gasteiger partial charge in [-0.3, -0.25) is 4.79 Å². The zero-order chi connectivity index (χ0) is 13.3. The van der Waals surface area contributed by atoms with Crippen LogP contribution in [0.2, 0.25) is 0 Å². The van der Waals surface area contributed by atoms with Gasteiger partial charge in [-0.05, 0) is 17.5 Å². The number of carbonyl (C=O) groups is 2. The number of carbonyl (C=O) groups excluding carboxylic acids is 1. The summed E-state index contributed by atoms with van der Waals surface area (Å²) in [5.41, 5.74) is 0.200. The molecule has 0 bridgehead atoms. The first-order valence-corrected chi connectivity index (χ1v) is 5.89. The Morgan fingerprint density at radius 1 is 1.28 bits per heavy atom. The second-order valence-corrected chi connectivity index (χ2v) is 5.21. The summed E-state index contributed by atoms with van der Waals surface area (Å²) in [4.78, 5) is 22.7. The molecule has 2 unspecified atom stereocenters. The molecule has 1 N–H and O–H groups in total. The number of ether oxygens (including phenoxy) is 1. The summed E-state index contributed by atoms with van der Waals surface area (Å²) in [6, 6.07) is 8.70. The van der Waals surface area contributed by atoms with Crippen LogP contribution < -0.4 is 0 Å². The quantitative estimate of drug-likeness (QED) is 0.830. The molecule has 1 aliphatic rings. The first-order valence-electron chi connectivity index (χ1n) is 5.89. The minimum absolute atomic E-state index is 0.0948. The van der Waals surface area contributed by atoms with Crippen molar-refractivity contribution in [1.82, 2.24) is 0 Å². The average molecular weight is 248 g/mol. The Morgan fingerprint density at radius 3 is 2.39 bits per heavy atom. The van der Waals surface area contributed by atoms with Crippen molar-refractivity contribution in [2.24, 2.45) is 17.3 Å². The first-order chi connectivity index (χ1) is 8.44. The Kier molecular flexibility index (Phi) is 3.11. The van der Waals surface area contributed by atoms with E-state index in [1.54, 1.807) is 24.3 Å². The molecule has 1 aromatic carbocycles. The van der Waals surface area contributed by atoms with Crippen LogP contribution in [0.15, 0.2) is 30.3 Å². The largest absolute Gasteiger partial charge is 0.481 e. The Balaban J connectivity index is 1.91. The standard InChI is InChI=1S/C14H16O4/c1-14(2)10(11(14)12(15)16)8-18-13(17)9-6-4-3-5-7-9/h3-7,10-11H,8H2,1-2H3,(H,15,16). The minimum Gasteiger partial charge on any atom is -0.481 e. The summed E-state index contributed by atoms with van der Waals surface area (Å²) >= 11 is 0.